The largest absolute Gasteiger partial charge is 0.354 e. The molecule has 26 heavy (non-hydrogen) atoms. The molecule has 2 unspecified atom stereocenters. The molecule has 2 N–H and O–H groups in total. The fraction of sp³-hybridized carbons (Fsp3) is 0.619. The Bertz CT molecular complexity index is 653. The zero-order valence-corrected chi connectivity index (χ0v) is 16.0. The van der Waals surface area contributed by atoms with Gasteiger partial charge in [0.25, 0.3) is 0 Å². The maximum absolute atomic E-state index is 12.8. The number of benzene rings is 1. The highest BCUT2D eigenvalue weighted by molar-refractivity contribution is 5.82. The van der Waals surface area contributed by atoms with Gasteiger partial charge in [-0.25, -0.2) is 0 Å². The summed E-state index contributed by atoms with van der Waals surface area (Å²) in [7, 11) is 0. The molecule has 2 aliphatic rings. The van der Waals surface area contributed by atoms with Crippen LogP contribution in [0.5, 0.6) is 0 Å². The third-order valence-corrected chi connectivity index (χ3v) is 5.66. The summed E-state index contributed by atoms with van der Waals surface area (Å²) in [6, 6.07) is 6.26. The van der Waals surface area contributed by atoms with Gasteiger partial charge in [0.2, 0.25) is 11.8 Å². The van der Waals surface area contributed by atoms with E-state index in [2.05, 4.69) is 42.7 Å². The molecule has 2 amide bonds. The minimum atomic E-state index is -0.0272. The van der Waals surface area contributed by atoms with E-state index in [1.54, 1.807) is 0 Å². The summed E-state index contributed by atoms with van der Waals surface area (Å²) in [5.74, 6) is 0.671. The van der Waals surface area contributed by atoms with Crippen molar-refractivity contribution in [2.24, 2.45) is 5.92 Å². The fourth-order valence-electron chi connectivity index (χ4n) is 4.00. The predicted octanol–water partition coefficient (Wildman–Crippen LogP) is 1.95. The second kappa shape index (κ2) is 8.67. The summed E-state index contributed by atoms with van der Waals surface area (Å²) in [5.41, 5.74) is 3.49. The van der Waals surface area contributed by atoms with E-state index < -0.39 is 0 Å². The van der Waals surface area contributed by atoms with Crippen molar-refractivity contribution in [1.82, 2.24) is 15.5 Å². The molecular weight excluding hydrogens is 326 g/mol. The normalized spacial score (nSPS) is 23.1. The first-order valence-corrected chi connectivity index (χ1v) is 9.88. The van der Waals surface area contributed by atoms with E-state index in [1.807, 2.05) is 4.90 Å². The van der Waals surface area contributed by atoms with Gasteiger partial charge in [-0.05, 0) is 63.1 Å². The van der Waals surface area contributed by atoms with E-state index >= 15 is 0 Å². The molecule has 2 fully saturated rings. The lowest BCUT2D eigenvalue weighted by Crippen LogP contribution is -2.47. The van der Waals surface area contributed by atoms with Crippen molar-refractivity contribution in [2.45, 2.75) is 52.0 Å². The molecule has 1 aromatic carbocycles. The van der Waals surface area contributed by atoms with Gasteiger partial charge in [0.05, 0.1) is 12.5 Å². The van der Waals surface area contributed by atoms with E-state index in [0.29, 0.717) is 18.9 Å². The Morgan fingerprint density at radius 1 is 1.23 bits per heavy atom. The number of hydrogen-bond donors (Lipinski definition) is 2. The lowest BCUT2D eigenvalue weighted by atomic mass is 9.96. The smallest absolute Gasteiger partial charge is 0.237 e. The van der Waals surface area contributed by atoms with Gasteiger partial charge in [0.1, 0.15) is 0 Å². The zero-order valence-electron chi connectivity index (χ0n) is 16.0. The Hall–Kier alpha value is -1.88. The fourth-order valence-corrected chi connectivity index (χ4v) is 4.00. The summed E-state index contributed by atoms with van der Waals surface area (Å²) < 4.78 is 0. The SMILES string of the molecule is Cc1ccc(C)c(CC(=O)N2CCCC(CNC(=O)C3CCCN3)C2)c1. The van der Waals surface area contributed by atoms with E-state index in [-0.39, 0.29) is 17.9 Å². The minimum absolute atomic E-state index is 0.0272. The van der Waals surface area contributed by atoms with Gasteiger partial charge in [-0.3, -0.25) is 9.59 Å². The van der Waals surface area contributed by atoms with Gasteiger partial charge in [-0.1, -0.05) is 23.8 Å². The maximum atomic E-state index is 12.8. The molecule has 0 saturated carbocycles. The van der Waals surface area contributed by atoms with E-state index in [1.165, 1.54) is 11.1 Å². The average molecular weight is 357 g/mol. The highest BCUT2D eigenvalue weighted by atomic mass is 16.2. The van der Waals surface area contributed by atoms with Crippen LogP contribution < -0.4 is 10.6 Å². The average Bonchev–Trinajstić information content (AvgIpc) is 3.18. The Morgan fingerprint density at radius 2 is 2.08 bits per heavy atom. The third kappa shape index (κ3) is 4.85. The van der Waals surface area contributed by atoms with Crippen molar-refractivity contribution in [3.63, 3.8) is 0 Å². The monoisotopic (exact) mass is 357 g/mol. The molecule has 0 spiro atoms. The van der Waals surface area contributed by atoms with Gasteiger partial charge >= 0.3 is 0 Å². The number of carbonyl (C=O) groups excluding carboxylic acids is 2. The molecule has 2 saturated heterocycles. The zero-order chi connectivity index (χ0) is 18.5. The van der Waals surface area contributed by atoms with Crippen LogP contribution in [0.2, 0.25) is 0 Å². The Balaban J connectivity index is 1.50. The number of piperidine rings is 1. The van der Waals surface area contributed by atoms with Gasteiger partial charge in [0.15, 0.2) is 0 Å². The highest BCUT2D eigenvalue weighted by Crippen LogP contribution is 2.19. The molecule has 2 atom stereocenters. The summed E-state index contributed by atoms with van der Waals surface area (Å²) in [6.07, 6.45) is 4.56. The molecular formula is C21H31N3O2. The molecule has 5 nitrogen and oxygen atoms in total. The summed E-state index contributed by atoms with van der Waals surface area (Å²) >= 11 is 0. The Kier molecular flexibility index (Phi) is 6.30. The number of likely N-dealkylation sites (tertiary alicyclic amines) is 1. The molecule has 0 bridgehead atoms. The number of hydrogen-bond acceptors (Lipinski definition) is 3. The predicted molar refractivity (Wildman–Crippen MR) is 103 cm³/mol. The number of nitrogens with zero attached hydrogens (tertiary/aromatic N) is 1. The highest BCUT2D eigenvalue weighted by Gasteiger charge is 2.26. The third-order valence-electron chi connectivity index (χ3n) is 5.66. The van der Waals surface area contributed by atoms with Crippen LogP contribution in [0, 0.1) is 19.8 Å². The molecule has 0 aliphatic carbocycles. The van der Waals surface area contributed by atoms with Gasteiger partial charge in [-0.2, -0.15) is 0 Å². The molecule has 2 heterocycles. The van der Waals surface area contributed by atoms with E-state index in [4.69, 9.17) is 0 Å². The van der Waals surface area contributed by atoms with Crippen molar-refractivity contribution < 1.29 is 9.59 Å². The van der Waals surface area contributed by atoms with Crippen LogP contribution in [0.1, 0.15) is 42.4 Å². The molecule has 5 heteroatoms. The summed E-state index contributed by atoms with van der Waals surface area (Å²) in [6.45, 7) is 7.31. The molecule has 1 aromatic rings. The van der Waals surface area contributed by atoms with Crippen molar-refractivity contribution in [2.75, 3.05) is 26.2 Å². The number of carbonyl (C=O) groups is 2. The first-order valence-electron chi connectivity index (χ1n) is 9.88. The second-order valence-electron chi connectivity index (χ2n) is 7.85. The van der Waals surface area contributed by atoms with Crippen LogP contribution in [0.4, 0.5) is 0 Å². The number of nitrogens with one attached hydrogen (secondary N) is 2. The van der Waals surface area contributed by atoms with Crippen LogP contribution in [0.15, 0.2) is 18.2 Å². The molecule has 3 rings (SSSR count). The summed E-state index contributed by atoms with van der Waals surface area (Å²) in [5, 5.41) is 6.31. The molecule has 142 valence electrons. The first-order chi connectivity index (χ1) is 12.5. The molecule has 0 radical (unpaired) electrons. The molecule has 0 aromatic heterocycles. The topological polar surface area (TPSA) is 61.4 Å². The van der Waals surface area contributed by atoms with Gasteiger partial charge in [-0.15, -0.1) is 0 Å². The van der Waals surface area contributed by atoms with Crippen molar-refractivity contribution in [3.05, 3.63) is 34.9 Å². The van der Waals surface area contributed by atoms with Crippen LogP contribution in [-0.4, -0.2) is 48.9 Å². The first kappa shape index (κ1) is 18.9. The maximum Gasteiger partial charge on any atom is 0.237 e. The number of aryl methyl sites for hydroxylation is 2. The van der Waals surface area contributed by atoms with E-state index in [0.717, 1.165) is 50.9 Å². The van der Waals surface area contributed by atoms with Crippen LogP contribution >= 0.6 is 0 Å². The lowest BCUT2D eigenvalue weighted by molar-refractivity contribution is -0.132. The van der Waals surface area contributed by atoms with Crippen molar-refractivity contribution in [1.29, 1.82) is 0 Å². The van der Waals surface area contributed by atoms with Gasteiger partial charge < -0.3 is 15.5 Å². The quantitative estimate of drug-likeness (QED) is 0.847. The minimum Gasteiger partial charge on any atom is -0.354 e. The standard InChI is InChI=1S/C21H31N3O2/c1-15-7-8-16(2)18(11-15)12-20(25)24-10-4-5-17(14-24)13-23-21(26)19-6-3-9-22-19/h7-8,11,17,19,22H,3-6,9-10,12-14H2,1-2H3,(H,23,26). The Labute approximate surface area is 156 Å². The number of rotatable bonds is 5. The second-order valence-corrected chi connectivity index (χ2v) is 7.85. The Morgan fingerprint density at radius 3 is 2.85 bits per heavy atom. The summed E-state index contributed by atoms with van der Waals surface area (Å²) in [4.78, 5) is 26.9. The number of amides is 2. The van der Waals surface area contributed by atoms with Crippen LogP contribution in [0.3, 0.4) is 0 Å². The van der Waals surface area contributed by atoms with Crippen molar-refractivity contribution >= 4 is 11.8 Å². The van der Waals surface area contributed by atoms with Crippen LogP contribution in [0.25, 0.3) is 0 Å². The van der Waals surface area contributed by atoms with Crippen LogP contribution in [-0.2, 0) is 16.0 Å². The van der Waals surface area contributed by atoms with Gasteiger partial charge in [0, 0.05) is 19.6 Å². The molecule has 2 aliphatic heterocycles. The van der Waals surface area contributed by atoms with Crippen molar-refractivity contribution in [3.8, 4) is 0 Å². The lowest BCUT2D eigenvalue weighted by Gasteiger charge is -2.33. The van der Waals surface area contributed by atoms with E-state index in [9.17, 15) is 9.59 Å².